The van der Waals surface area contributed by atoms with Crippen molar-refractivity contribution in [2.24, 2.45) is 5.73 Å². The van der Waals surface area contributed by atoms with Gasteiger partial charge >= 0.3 is 0 Å². The van der Waals surface area contributed by atoms with Crippen LogP contribution in [0.25, 0.3) is 5.57 Å². The van der Waals surface area contributed by atoms with Gasteiger partial charge in [0.25, 0.3) is 0 Å². The average molecular weight is 279 g/mol. The first-order valence-corrected chi connectivity index (χ1v) is 7.07. The molecule has 1 aromatic rings. The Bertz CT molecular complexity index is 453. The van der Waals surface area contributed by atoms with Crippen molar-refractivity contribution in [3.63, 3.8) is 0 Å². The van der Waals surface area contributed by atoms with Gasteiger partial charge in [-0.15, -0.1) is 0 Å². The highest BCUT2D eigenvalue weighted by molar-refractivity contribution is 5.87. The van der Waals surface area contributed by atoms with Crippen LogP contribution in [0.5, 0.6) is 0 Å². The normalized spacial score (nSPS) is 11.4. The zero-order chi connectivity index (χ0) is 15.8. The van der Waals surface area contributed by atoms with Crippen LogP contribution in [0.4, 0.5) is 0 Å². The van der Waals surface area contributed by atoms with Crippen molar-refractivity contribution in [1.82, 2.24) is 10.3 Å². The van der Waals surface area contributed by atoms with E-state index in [1.54, 1.807) is 6.20 Å². The molecule has 0 aliphatic heterocycles. The Balaban J connectivity index is 0. The number of likely N-dealkylation sites (N-methyl/N-ethyl adjacent to an activating group) is 1. The summed E-state index contributed by atoms with van der Waals surface area (Å²) in [6.45, 7) is 12.2. The Kier molecular flexibility index (Phi) is 7.59. The second-order valence-electron chi connectivity index (χ2n) is 4.77. The molecule has 4 heteroatoms. The van der Waals surface area contributed by atoms with Gasteiger partial charge in [-0.2, -0.15) is 0 Å². The predicted molar refractivity (Wildman–Crippen MR) is 87.2 cm³/mol. The summed E-state index contributed by atoms with van der Waals surface area (Å²) < 4.78 is 0. The highest BCUT2D eigenvalue weighted by Gasteiger charge is 2.29. The van der Waals surface area contributed by atoms with E-state index >= 15 is 0 Å². The smallest absolute Gasteiger partial charge is 0.230 e. The molecule has 0 spiro atoms. The number of nitrogens with two attached hydrogens (primary N) is 1. The van der Waals surface area contributed by atoms with Crippen LogP contribution >= 0.6 is 0 Å². The molecule has 20 heavy (non-hydrogen) atoms. The number of nitrogens with zero attached hydrogens (tertiary/aromatic N) is 1. The Hall–Kier alpha value is -1.84. The summed E-state index contributed by atoms with van der Waals surface area (Å²) in [6.07, 6.45) is 3.26. The molecule has 0 saturated carbocycles. The molecule has 1 amide bonds. The lowest BCUT2D eigenvalue weighted by atomic mass is 9.84. The molecule has 0 aliphatic carbocycles. The van der Waals surface area contributed by atoms with E-state index in [0.717, 1.165) is 16.8 Å². The number of pyridine rings is 1. The molecule has 1 rings (SSSR count). The van der Waals surface area contributed by atoms with Gasteiger partial charge in [-0.05, 0) is 51.1 Å². The van der Waals surface area contributed by atoms with Crippen molar-refractivity contribution < 1.29 is 6.22 Å². The quantitative estimate of drug-likeness (QED) is 0.890. The molecule has 1 aromatic heterocycles. The lowest BCUT2D eigenvalue weighted by Gasteiger charge is -2.23. The molecule has 0 atom stereocenters. The lowest BCUT2D eigenvalue weighted by molar-refractivity contribution is -0.125. The van der Waals surface area contributed by atoms with Crippen molar-refractivity contribution in [2.75, 3.05) is 6.54 Å². The van der Waals surface area contributed by atoms with Gasteiger partial charge in [0.15, 0.2) is 0 Å². The maximum atomic E-state index is 12.0. The van der Waals surface area contributed by atoms with Gasteiger partial charge in [-0.3, -0.25) is 9.78 Å². The summed E-state index contributed by atoms with van der Waals surface area (Å²) in [4.78, 5) is 16.3. The van der Waals surface area contributed by atoms with Crippen molar-refractivity contribution in [3.8, 4) is 0 Å². The molecular formula is C16H29N3O. The molecule has 0 fully saturated rings. The van der Waals surface area contributed by atoms with Crippen molar-refractivity contribution in [2.45, 2.75) is 47.0 Å². The van der Waals surface area contributed by atoms with E-state index in [9.17, 15) is 4.79 Å². The maximum Gasteiger partial charge on any atom is 0.230 e. The van der Waals surface area contributed by atoms with E-state index in [1.165, 1.54) is 6.20 Å². The first kappa shape index (κ1) is 18.2. The topological polar surface area (TPSA) is 68.0 Å². The van der Waals surface area contributed by atoms with E-state index in [1.807, 2.05) is 53.7 Å². The molecular weight excluding hydrogens is 250 g/mol. The van der Waals surface area contributed by atoms with E-state index in [-0.39, 0.29) is 7.33 Å². The zero-order valence-corrected chi connectivity index (χ0v) is 13.4. The molecule has 0 saturated heterocycles. The van der Waals surface area contributed by atoms with E-state index in [2.05, 4.69) is 10.3 Å². The molecule has 0 aromatic carbocycles. The minimum absolute atomic E-state index is 0. The number of rotatable bonds is 4. The highest BCUT2D eigenvalue weighted by atomic mass is 16.2. The van der Waals surface area contributed by atoms with Gasteiger partial charge in [0.1, 0.15) is 0 Å². The van der Waals surface area contributed by atoms with E-state index < -0.39 is 5.41 Å². The molecule has 1 heterocycles. The molecule has 0 aliphatic rings. The third kappa shape index (κ3) is 4.37. The van der Waals surface area contributed by atoms with Gasteiger partial charge < -0.3 is 11.1 Å². The second-order valence-corrected chi connectivity index (χ2v) is 4.77. The van der Waals surface area contributed by atoms with E-state index in [4.69, 9.17) is 5.73 Å². The maximum absolute atomic E-state index is 12.0. The van der Waals surface area contributed by atoms with Gasteiger partial charge in [0, 0.05) is 14.2 Å². The fourth-order valence-corrected chi connectivity index (χ4v) is 1.59. The van der Waals surface area contributed by atoms with Crippen LogP contribution in [0.2, 0.25) is 0 Å². The van der Waals surface area contributed by atoms with Gasteiger partial charge in [0.05, 0.1) is 11.1 Å². The van der Waals surface area contributed by atoms with Gasteiger partial charge in [0.2, 0.25) is 5.91 Å². The lowest BCUT2D eigenvalue weighted by Crippen LogP contribution is -2.40. The molecule has 0 unspecified atom stereocenters. The van der Waals surface area contributed by atoms with Crippen LogP contribution in [-0.4, -0.2) is 17.4 Å². The van der Waals surface area contributed by atoms with Crippen LogP contribution < -0.4 is 11.1 Å². The number of hydrogen-bond donors (Lipinski definition) is 2. The summed E-state index contributed by atoms with van der Waals surface area (Å²) >= 11 is 0. The van der Waals surface area contributed by atoms with Crippen LogP contribution in [0.15, 0.2) is 24.5 Å². The number of nitrogens with one attached hydrogen (secondary N) is 1. The summed E-state index contributed by atoms with van der Waals surface area (Å²) in [6, 6.07) is 3.81. The third-order valence-electron chi connectivity index (χ3n) is 3.04. The fourth-order valence-electron chi connectivity index (χ4n) is 1.59. The molecule has 114 valence electrons. The summed E-state index contributed by atoms with van der Waals surface area (Å²) in [5.74, 6) is 0.00522. The molecule has 0 bridgehead atoms. The van der Waals surface area contributed by atoms with E-state index in [0.29, 0.717) is 6.54 Å². The number of allylic oxidation sites excluding steroid dienone is 1. The molecule has 3 N–H and O–H groups in total. The number of amides is 1. The Morgan fingerprint density at radius 2 is 2.05 bits per heavy atom. The van der Waals surface area contributed by atoms with Gasteiger partial charge in [-0.25, -0.2) is 0 Å². The van der Waals surface area contributed by atoms with Crippen molar-refractivity contribution >= 4 is 11.5 Å². The standard InChI is InChI=1S/C14H21N3O.C2H6.H2/c1-5-16-13(18)14(3,4)11-6-7-12(17-9-11)10(2)8-15;1-2;/h6-9H,5,15H2,1-4H3,(H,16,18);1-2H3;1H/b10-8-;;. The highest BCUT2D eigenvalue weighted by Crippen LogP contribution is 2.23. The summed E-state index contributed by atoms with van der Waals surface area (Å²) in [7, 11) is 0. The minimum atomic E-state index is -0.581. The van der Waals surface area contributed by atoms with Crippen LogP contribution in [-0.2, 0) is 10.2 Å². The number of carbonyl (C=O) groups is 1. The second kappa shape index (κ2) is 8.35. The zero-order valence-electron chi connectivity index (χ0n) is 13.4. The first-order chi connectivity index (χ1) is 9.43. The number of aromatic nitrogens is 1. The number of carbonyl (C=O) groups excluding carboxylic acids is 1. The monoisotopic (exact) mass is 279 g/mol. The number of hydrogen-bond acceptors (Lipinski definition) is 3. The Morgan fingerprint density at radius 1 is 1.45 bits per heavy atom. The fraction of sp³-hybridized carbons (Fsp3) is 0.500. The third-order valence-corrected chi connectivity index (χ3v) is 3.04. The summed E-state index contributed by atoms with van der Waals surface area (Å²) in [5.41, 5.74) is 7.50. The van der Waals surface area contributed by atoms with Crippen molar-refractivity contribution in [1.29, 1.82) is 0 Å². The van der Waals surface area contributed by atoms with Gasteiger partial charge in [-0.1, -0.05) is 19.9 Å². The minimum Gasteiger partial charge on any atom is -0.404 e. The average Bonchev–Trinajstić information content (AvgIpc) is 2.48. The SMILES string of the molecule is CC.CCNC(=O)C(C)(C)c1ccc(/C(C)=C\N)nc1.[HH]. The molecule has 0 radical (unpaired) electrons. The molecule has 4 nitrogen and oxygen atoms in total. The van der Waals surface area contributed by atoms with Crippen LogP contribution in [0, 0.1) is 0 Å². The first-order valence-electron chi connectivity index (χ1n) is 7.07. The van der Waals surface area contributed by atoms with Crippen LogP contribution in [0.3, 0.4) is 0 Å². The van der Waals surface area contributed by atoms with Crippen LogP contribution in [0.1, 0.15) is 54.2 Å². The Morgan fingerprint density at radius 3 is 2.45 bits per heavy atom. The predicted octanol–water partition coefficient (Wildman–Crippen LogP) is 3.09. The van der Waals surface area contributed by atoms with Crippen molar-refractivity contribution in [3.05, 3.63) is 35.8 Å². The Labute approximate surface area is 124 Å². The largest absolute Gasteiger partial charge is 0.404 e. The summed E-state index contributed by atoms with van der Waals surface area (Å²) in [5, 5.41) is 2.83.